The maximum Gasteiger partial charge on any atom is 0.101 e. The Labute approximate surface area is 90.4 Å². The second-order valence-electron chi connectivity index (χ2n) is 3.79. The van der Waals surface area contributed by atoms with Crippen LogP contribution in [0.15, 0.2) is 0 Å². The van der Waals surface area contributed by atoms with E-state index in [0.29, 0.717) is 11.8 Å². The molecule has 0 aliphatic rings. The first-order valence-corrected chi connectivity index (χ1v) is 5.72. The molecular weight excluding hydrogens is 198 g/mol. The molecule has 80 valence electrons. The van der Waals surface area contributed by atoms with Crippen molar-refractivity contribution >= 4 is 11.6 Å². The van der Waals surface area contributed by atoms with Crippen LogP contribution in [-0.4, -0.2) is 15.0 Å². The second-order valence-corrected chi connectivity index (χ2v) is 4.05. The van der Waals surface area contributed by atoms with Gasteiger partial charge in [0, 0.05) is 6.54 Å². The van der Waals surface area contributed by atoms with Gasteiger partial charge >= 0.3 is 0 Å². The van der Waals surface area contributed by atoms with Gasteiger partial charge in [0.25, 0.3) is 0 Å². The van der Waals surface area contributed by atoms with Crippen LogP contribution in [0.25, 0.3) is 0 Å². The van der Waals surface area contributed by atoms with Gasteiger partial charge in [0.15, 0.2) is 0 Å². The number of aromatic nitrogens is 3. The van der Waals surface area contributed by atoms with E-state index < -0.39 is 0 Å². The van der Waals surface area contributed by atoms with Crippen molar-refractivity contribution in [3.63, 3.8) is 0 Å². The van der Waals surface area contributed by atoms with Crippen LogP contribution in [0.2, 0.25) is 0 Å². The van der Waals surface area contributed by atoms with Crippen molar-refractivity contribution in [1.29, 1.82) is 0 Å². The van der Waals surface area contributed by atoms with Crippen molar-refractivity contribution in [3.8, 4) is 0 Å². The first kappa shape index (κ1) is 11.5. The molecule has 1 aromatic heterocycles. The number of hydrogen-bond donors (Lipinski definition) is 0. The summed E-state index contributed by atoms with van der Waals surface area (Å²) in [6, 6.07) is 0. The summed E-state index contributed by atoms with van der Waals surface area (Å²) < 4.78 is 1.99. The van der Waals surface area contributed by atoms with E-state index in [0.717, 1.165) is 18.7 Å². The van der Waals surface area contributed by atoms with Crippen LogP contribution in [0.3, 0.4) is 0 Å². The third-order valence-electron chi connectivity index (χ3n) is 2.24. The summed E-state index contributed by atoms with van der Waals surface area (Å²) in [5.41, 5.74) is 2.12. The van der Waals surface area contributed by atoms with Gasteiger partial charge < -0.3 is 0 Å². The Morgan fingerprint density at radius 1 is 1.43 bits per heavy atom. The van der Waals surface area contributed by atoms with Crippen LogP contribution in [-0.2, 0) is 12.4 Å². The minimum atomic E-state index is 0.440. The van der Waals surface area contributed by atoms with Crippen LogP contribution in [0.5, 0.6) is 0 Å². The standard InChI is InChI=1S/C10H18ClN3/c1-4-5-6-14-10(8(2)3)9(7-11)12-13-14/h8H,4-7H2,1-3H3. The van der Waals surface area contributed by atoms with E-state index in [1.54, 1.807) is 0 Å². The number of unbranched alkanes of at least 4 members (excludes halogenated alkanes) is 1. The Hall–Kier alpha value is -0.570. The number of aryl methyl sites for hydroxylation is 1. The minimum Gasteiger partial charge on any atom is -0.249 e. The molecule has 0 saturated carbocycles. The summed E-state index contributed by atoms with van der Waals surface area (Å²) >= 11 is 5.81. The van der Waals surface area contributed by atoms with Crippen molar-refractivity contribution in [3.05, 3.63) is 11.4 Å². The van der Waals surface area contributed by atoms with E-state index in [-0.39, 0.29) is 0 Å². The number of hydrogen-bond acceptors (Lipinski definition) is 2. The van der Waals surface area contributed by atoms with Gasteiger partial charge in [-0.1, -0.05) is 32.4 Å². The molecule has 1 rings (SSSR count). The fourth-order valence-corrected chi connectivity index (χ4v) is 1.75. The SMILES string of the molecule is CCCCn1nnc(CCl)c1C(C)C. The summed E-state index contributed by atoms with van der Waals surface area (Å²) in [6.07, 6.45) is 2.32. The highest BCUT2D eigenvalue weighted by atomic mass is 35.5. The molecule has 0 aliphatic heterocycles. The van der Waals surface area contributed by atoms with Crippen LogP contribution < -0.4 is 0 Å². The maximum absolute atomic E-state index is 5.81. The van der Waals surface area contributed by atoms with Crippen molar-refractivity contribution in [2.24, 2.45) is 0 Å². The second kappa shape index (κ2) is 5.35. The largest absolute Gasteiger partial charge is 0.249 e. The van der Waals surface area contributed by atoms with Gasteiger partial charge in [0.05, 0.1) is 11.6 Å². The van der Waals surface area contributed by atoms with Crippen LogP contribution in [0.1, 0.15) is 50.9 Å². The molecular formula is C10H18ClN3. The van der Waals surface area contributed by atoms with Crippen LogP contribution >= 0.6 is 11.6 Å². The summed E-state index contributed by atoms with van der Waals surface area (Å²) in [6.45, 7) is 7.43. The smallest absolute Gasteiger partial charge is 0.101 e. The Morgan fingerprint density at radius 3 is 2.64 bits per heavy atom. The number of alkyl halides is 1. The zero-order valence-corrected chi connectivity index (χ0v) is 9.88. The first-order valence-electron chi connectivity index (χ1n) is 5.18. The molecule has 0 spiro atoms. The zero-order chi connectivity index (χ0) is 10.6. The minimum absolute atomic E-state index is 0.440. The zero-order valence-electron chi connectivity index (χ0n) is 9.13. The maximum atomic E-state index is 5.81. The molecule has 0 aliphatic carbocycles. The third-order valence-corrected chi connectivity index (χ3v) is 2.50. The van der Waals surface area contributed by atoms with E-state index >= 15 is 0 Å². The van der Waals surface area contributed by atoms with Crippen molar-refractivity contribution in [2.75, 3.05) is 0 Å². The van der Waals surface area contributed by atoms with Gasteiger partial charge in [0.2, 0.25) is 0 Å². The molecule has 0 aromatic carbocycles. The highest BCUT2D eigenvalue weighted by molar-refractivity contribution is 6.16. The average molecular weight is 216 g/mol. The number of halogens is 1. The van der Waals surface area contributed by atoms with Gasteiger partial charge in [-0.2, -0.15) is 0 Å². The molecule has 3 nitrogen and oxygen atoms in total. The fraction of sp³-hybridized carbons (Fsp3) is 0.800. The topological polar surface area (TPSA) is 30.7 Å². The van der Waals surface area contributed by atoms with Crippen LogP contribution in [0, 0.1) is 0 Å². The van der Waals surface area contributed by atoms with Gasteiger partial charge in [0.1, 0.15) is 5.69 Å². The Morgan fingerprint density at radius 2 is 2.14 bits per heavy atom. The highest BCUT2D eigenvalue weighted by Gasteiger charge is 2.14. The lowest BCUT2D eigenvalue weighted by molar-refractivity contribution is 0.522. The molecule has 0 saturated heterocycles. The molecule has 4 heteroatoms. The van der Waals surface area contributed by atoms with Gasteiger partial charge in [-0.25, -0.2) is 4.68 Å². The molecule has 14 heavy (non-hydrogen) atoms. The molecule has 0 atom stereocenters. The van der Waals surface area contributed by atoms with Gasteiger partial charge in [-0.15, -0.1) is 16.7 Å². The highest BCUT2D eigenvalue weighted by Crippen LogP contribution is 2.19. The van der Waals surface area contributed by atoms with Crippen LogP contribution in [0.4, 0.5) is 0 Å². The summed E-state index contributed by atoms with van der Waals surface area (Å²) in [4.78, 5) is 0. The quantitative estimate of drug-likeness (QED) is 0.708. The van der Waals surface area contributed by atoms with Crippen molar-refractivity contribution in [2.45, 2.75) is 52.0 Å². The first-order chi connectivity index (χ1) is 6.70. The Balaban J connectivity index is 2.87. The molecule has 1 heterocycles. The molecule has 0 bridgehead atoms. The predicted molar refractivity (Wildman–Crippen MR) is 58.6 cm³/mol. The lowest BCUT2D eigenvalue weighted by atomic mass is 10.1. The molecule has 0 fully saturated rings. The van der Waals surface area contributed by atoms with E-state index in [2.05, 4.69) is 31.1 Å². The lowest BCUT2D eigenvalue weighted by Gasteiger charge is -2.09. The monoisotopic (exact) mass is 215 g/mol. The van der Waals surface area contributed by atoms with E-state index in [1.807, 2.05) is 4.68 Å². The van der Waals surface area contributed by atoms with Crippen molar-refractivity contribution < 1.29 is 0 Å². The summed E-state index contributed by atoms with van der Waals surface area (Å²) in [5.74, 6) is 0.898. The van der Waals surface area contributed by atoms with Gasteiger partial charge in [-0.3, -0.25) is 0 Å². The number of rotatable bonds is 5. The Kier molecular flexibility index (Phi) is 4.39. The van der Waals surface area contributed by atoms with Crippen molar-refractivity contribution in [1.82, 2.24) is 15.0 Å². The van der Waals surface area contributed by atoms with E-state index in [1.165, 1.54) is 12.1 Å². The lowest BCUT2D eigenvalue weighted by Crippen LogP contribution is -2.07. The average Bonchev–Trinajstić information content (AvgIpc) is 2.57. The Bertz CT molecular complexity index is 281. The normalized spacial score (nSPS) is 11.2. The van der Waals surface area contributed by atoms with Gasteiger partial charge in [-0.05, 0) is 12.3 Å². The molecule has 1 aromatic rings. The predicted octanol–water partition coefficient (Wildman–Crippen LogP) is 2.94. The molecule has 0 unspecified atom stereocenters. The molecule has 0 radical (unpaired) electrons. The molecule has 0 N–H and O–H groups in total. The molecule has 0 amide bonds. The van der Waals surface area contributed by atoms with E-state index in [4.69, 9.17) is 11.6 Å². The fourth-order valence-electron chi connectivity index (χ4n) is 1.56. The summed E-state index contributed by atoms with van der Waals surface area (Å²) in [7, 11) is 0. The third kappa shape index (κ3) is 2.47. The van der Waals surface area contributed by atoms with E-state index in [9.17, 15) is 0 Å². The number of nitrogens with zero attached hydrogens (tertiary/aromatic N) is 3. The summed E-state index contributed by atoms with van der Waals surface area (Å²) in [5, 5.41) is 8.22.